The Morgan fingerprint density at radius 2 is 1.67 bits per heavy atom. The van der Waals surface area contributed by atoms with Gasteiger partial charge in [0.1, 0.15) is 0 Å². The standard InChI is InChI=1S/C9H5Br2F3O/c1-4(15)7-5(10)2-3-6(11)8(7)9(12,13)14/h2-3H,1H3. The molecule has 0 saturated carbocycles. The lowest BCUT2D eigenvalue weighted by molar-refractivity contribution is -0.138. The average Bonchev–Trinajstić information content (AvgIpc) is 2.05. The lowest BCUT2D eigenvalue weighted by Gasteiger charge is -2.14. The molecule has 1 nitrogen and oxygen atoms in total. The number of carbonyl (C=O) groups is 1. The van der Waals surface area contributed by atoms with Crippen LogP contribution in [-0.2, 0) is 6.18 Å². The molecule has 0 unspecified atom stereocenters. The zero-order valence-corrected chi connectivity index (χ0v) is 10.6. The first-order valence-corrected chi connectivity index (χ1v) is 5.40. The second-order valence-corrected chi connectivity index (χ2v) is 4.54. The van der Waals surface area contributed by atoms with Crippen LogP contribution in [0.5, 0.6) is 0 Å². The molecule has 0 saturated heterocycles. The van der Waals surface area contributed by atoms with Crippen molar-refractivity contribution in [3.05, 3.63) is 32.2 Å². The van der Waals surface area contributed by atoms with Crippen LogP contribution < -0.4 is 0 Å². The molecule has 0 spiro atoms. The number of hydrogen-bond donors (Lipinski definition) is 0. The molecule has 15 heavy (non-hydrogen) atoms. The minimum atomic E-state index is -4.55. The lowest BCUT2D eigenvalue weighted by Crippen LogP contribution is -2.13. The summed E-state index contributed by atoms with van der Waals surface area (Å²) in [5.41, 5.74) is -1.29. The molecule has 0 aromatic heterocycles. The summed E-state index contributed by atoms with van der Waals surface area (Å²) < 4.78 is 37.9. The van der Waals surface area contributed by atoms with Gasteiger partial charge in [0.2, 0.25) is 0 Å². The van der Waals surface area contributed by atoms with Crippen LogP contribution >= 0.6 is 31.9 Å². The third-order valence-corrected chi connectivity index (χ3v) is 3.06. The zero-order chi connectivity index (χ0) is 11.8. The molecular formula is C9H5Br2F3O. The van der Waals surface area contributed by atoms with E-state index in [-0.39, 0.29) is 14.5 Å². The van der Waals surface area contributed by atoms with Crippen molar-refractivity contribution in [3.63, 3.8) is 0 Å². The van der Waals surface area contributed by atoms with Crippen LogP contribution in [0.25, 0.3) is 0 Å². The maximum atomic E-state index is 12.6. The average molecular weight is 346 g/mol. The van der Waals surface area contributed by atoms with E-state index in [2.05, 4.69) is 31.9 Å². The zero-order valence-electron chi connectivity index (χ0n) is 7.45. The summed E-state index contributed by atoms with van der Waals surface area (Å²) in [5.74, 6) is -0.629. The van der Waals surface area contributed by atoms with Crippen molar-refractivity contribution in [3.8, 4) is 0 Å². The third kappa shape index (κ3) is 2.60. The predicted molar refractivity (Wildman–Crippen MR) is 56.8 cm³/mol. The van der Waals surface area contributed by atoms with Crippen molar-refractivity contribution >= 4 is 37.6 Å². The molecule has 0 fully saturated rings. The Kier molecular flexibility index (Phi) is 3.60. The molecule has 0 heterocycles. The van der Waals surface area contributed by atoms with Crippen LogP contribution in [0.2, 0.25) is 0 Å². The molecule has 82 valence electrons. The molecule has 1 aromatic carbocycles. The van der Waals surface area contributed by atoms with Crippen LogP contribution in [0.4, 0.5) is 13.2 Å². The Labute approximate surface area is 101 Å². The first-order valence-electron chi connectivity index (χ1n) is 3.81. The SMILES string of the molecule is CC(=O)c1c(Br)ccc(Br)c1C(F)(F)F. The first kappa shape index (κ1) is 12.7. The summed E-state index contributed by atoms with van der Waals surface area (Å²) in [4.78, 5) is 11.1. The number of rotatable bonds is 1. The van der Waals surface area contributed by atoms with Gasteiger partial charge in [-0.15, -0.1) is 0 Å². The molecule has 0 atom stereocenters. The summed E-state index contributed by atoms with van der Waals surface area (Å²) >= 11 is 5.72. The van der Waals surface area contributed by atoms with Gasteiger partial charge in [0.15, 0.2) is 5.78 Å². The van der Waals surface area contributed by atoms with E-state index >= 15 is 0 Å². The van der Waals surface area contributed by atoms with Crippen molar-refractivity contribution in [2.24, 2.45) is 0 Å². The smallest absolute Gasteiger partial charge is 0.294 e. The van der Waals surface area contributed by atoms with E-state index in [0.717, 1.165) is 6.92 Å². The van der Waals surface area contributed by atoms with Gasteiger partial charge in [0.05, 0.1) is 5.56 Å². The third-order valence-electron chi connectivity index (χ3n) is 1.74. The Morgan fingerprint density at radius 3 is 2.00 bits per heavy atom. The molecule has 0 bridgehead atoms. The van der Waals surface area contributed by atoms with Crippen LogP contribution in [0.1, 0.15) is 22.8 Å². The predicted octanol–water partition coefficient (Wildman–Crippen LogP) is 4.43. The van der Waals surface area contributed by atoms with Gasteiger partial charge < -0.3 is 0 Å². The quantitative estimate of drug-likeness (QED) is 0.688. The minimum absolute atomic E-state index is 0.136. The molecule has 1 rings (SSSR count). The fraction of sp³-hybridized carbons (Fsp3) is 0.222. The summed E-state index contributed by atoms with van der Waals surface area (Å²) in [5, 5.41) is 0. The highest BCUT2D eigenvalue weighted by Crippen LogP contribution is 2.40. The number of hydrogen-bond acceptors (Lipinski definition) is 1. The molecule has 0 N–H and O–H groups in total. The number of halogens is 5. The van der Waals surface area contributed by atoms with Crippen molar-refractivity contribution in [1.29, 1.82) is 0 Å². The lowest BCUT2D eigenvalue weighted by atomic mass is 10.0. The van der Waals surface area contributed by atoms with Gasteiger partial charge in [-0.3, -0.25) is 4.79 Å². The van der Waals surface area contributed by atoms with Crippen molar-refractivity contribution in [1.82, 2.24) is 0 Å². The van der Waals surface area contributed by atoms with Crippen molar-refractivity contribution in [2.45, 2.75) is 13.1 Å². The van der Waals surface area contributed by atoms with Crippen LogP contribution in [0.15, 0.2) is 21.1 Å². The fourth-order valence-corrected chi connectivity index (χ4v) is 2.34. The van der Waals surface area contributed by atoms with E-state index in [1.165, 1.54) is 12.1 Å². The molecule has 0 aliphatic carbocycles. The van der Waals surface area contributed by atoms with E-state index in [1.807, 2.05) is 0 Å². The highest BCUT2D eigenvalue weighted by molar-refractivity contribution is 9.11. The Hall–Kier alpha value is -0.360. The second kappa shape index (κ2) is 4.25. The molecule has 0 radical (unpaired) electrons. The maximum Gasteiger partial charge on any atom is 0.418 e. The highest BCUT2D eigenvalue weighted by atomic mass is 79.9. The van der Waals surface area contributed by atoms with Gasteiger partial charge in [-0.05, 0) is 19.1 Å². The molecule has 0 aliphatic heterocycles. The number of ketones is 1. The van der Waals surface area contributed by atoms with E-state index < -0.39 is 17.5 Å². The summed E-state index contributed by atoms with van der Waals surface area (Å²) in [6.07, 6.45) is -4.55. The molecule has 1 aromatic rings. The number of carbonyl (C=O) groups excluding carboxylic acids is 1. The van der Waals surface area contributed by atoms with Gasteiger partial charge in [-0.2, -0.15) is 13.2 Å². The van der Waals surface area contributed by atoms with E-state index in [1.54, 1.807) is 0 Å². The van der Waals surface area contributed by atoms with Crippen molar-refractivity contribution in [2.75, 3.05) is 0 Å². The second-order valence-electron chi connectivity index (χ2n) is 2.83. The van der Waals surface area contributed by atoms with Crippen LogP contribution in [-0.4, -0.2) is 5.78 Å². The van der Waals surface area contributed by atoms with Gasteiger partial charge >= 0.3 is 6.18 Å². The van der Waals surface area contributed by atoms with Gasteiger partial charge in [0.25, 0.3) is 0 Å². The first-order chi connectivity index (χ1) is 6.75. The number of Topliss-reactive ketones (excluding diaryl/α,β-unsaturated/α-hetero) is 1. The number of alkyl halides is 3. The summed E-state index contributed by atoms with van der Waals surface area (Å²) in [6.45, 7) is 1.10. The van der Waals surface area contributed by atoms with Crippen molar-refractivity contribution < 1.29 is 18.0 Å². The Balaban J connectivity index is 3.60. The van der Waals surface area contributed by atoms with E-state index in [4.69, 9.17) is 0 Å². The monoisotopic (exact) mass is 344 g/mol. The largest absolute Gasteiger partial charge is 0.418 e. The van der Waals surface area contributed by atoms with Gasteiger partial charge in [-0.25, -0.2) is 0 Å². The summed E-state index contributed by atoms with van der Waals surface area (Å²) in [6, 6.07) is 2.65. The highest BCUT2D eigenvalue weighted by Gasteiger charge is 2.37. The number of benzene rings is 1. The van der Waals surface area contributed by atoms with Crippen LogP contribution in [0, 0.1) is 0 Å². The topological polar surface area (TPSA) is 17.1 Å². The fourth-order valence-electron chi connectivity index (χ4n) is 1.17. The minimum Gasteiger partial charge on any atom is -0.294 e. The van der Waals surface area contributed by atoms with Crippen LogP contribution in [0.3, 0.4) is 0 Å². The Morgan fingerprint density at radius 1 is 1.20 bits per heavy atom. The Bertz CT molecular complexity index is 413. The molecule has 0 aliphatic rings. The van der Waals surface area contributed by atoms with E-state index in [9.17, 15) is 18.0 Å². The maximum absolute atomic E-state index is 12.6. The van der Waals surface area contributed by atoms with E-state index in [0.29, 0.717) is 0 Å². The molecular weight excluding hydrogens is 341 g/mol. The molecule has 0 amide bonds. The normalized spacial score (nSPS) is 11.6. The van der Waals surface area contributed by atoms with Gasteiger partial charge in [-0.1, -0.05) is 31.9 Å². The summed E-state index contributed by atoms with van der Waals surface area (Å²) in [7, 11) is 0. The molecule has 6 heteroatoms. The van der Waals surface area contributed by atoms with Gasteiger partial charge in [0, 0.05) is 14.5 Å².